The Morgan fingerprint density at radius 3 is 2.56 bits per heavy atom. The number of aryl methyl sites for hydroxylation is 1. The van der Waals surface area contributed by atoms with Crippen LogP contribution in [0.1, 0.15) is 15.9 Å². The summed E-state index contributed by atoms with van der Waals surface area (Å²) in [7, 11) is 1.51. The predicted octanol–water partition coefficient (Wildman–Crippen LogP) is 0.135. The number of benzene rings is 1. The van der Waals surface area contributed by atoms with Crippen LogP contribution in [0.5, 0.6) is 0 Å². The number of likely N-dealkylation sites (N-methyl/N-ethyl adjacent to an activating group) is 1. The molecule has 0 aliphatic carbocycles. The van der Waals surface area contributed by atoms with E-state index in [0.717, 1.165) is 5.56 Å². The number of rotatable bonds is 3. The normalized spacial score (nSPS) is 9.88. The first kappa shape index (κ1) is 12.0. The maximum Gasteiger partial charge on any atom is 0.256 e. The SMILES string of the molecule is Cc1ccc(N)c(C(=O)N(C)CC(N)=O)c1. The molecule has 0 atom stereocenters. The van der Waals surface area contributed by atoms with E-state index in [2.05, 4.69) is 0 Å². The fourth-order valence-electron chi connectivity index (χ4n) is 1.37. The van der Waals surface area contributed by atoms with Gasteiger partial charge in [-0.25, -0.2) is 0 Å². The Kier molecular flexibility index (Phi) is 3.50. The lowest BCUT2D eigenvalue weighted by Crippen LogP contribution is -2.35. The van der Waals surface area contributed by atoms with E-state index in [1.165, 1.54) is 11.9 Å². The van der Waals surface area contributed by atoms with Crippen LogP contribution in [0, 0.1) is 6.92 Å². The Balaban J connectivity index is 2.95. The van der Waals surface area contributed by atoms with E-state index in [1.807, 2.05) is 13.0 Å². The van der Waals surface area contributed by atoms with Crippen LogP contribution in [0.15, 0.2) is 18.2 Å². The van der Waals surface area contributed by atoms with Crippen molar-refractivity contribution in [2.75, 3.05) is 19.3 Å². The molecule has 0 heterocycles. The van der Waals surface area contributed by atoms with Crippen molar-refractivity contribution in [3.8, 4) is 0 Å². The Labute approximate surface area is 94.0 Å². The second-order valence-corrected chi connectivity index (χ2v) is 3.72. The largest absolute Gasteiger partial charge is 0.398 e. The molecule has 2 amide bonds. The van der Waals surface area contributed by atoms with Gasteiger partial charge in [-0.1, -0.05) is 11.6 Å². The molecule has 0 aliphatic heterocycles. The van der Waals surface area contributed by atoms with Gasteiger partial charge in [0.05, 0.1) is 12.1 Å². The van der Waals surface area contributed by atoms with Crippen molar-refractivity contribution >= 4 is 17.5 Å². The molecule has 0 spiro atoms. The van der Waals surface area contributed by atoms with Crippen LogP contribution in [0.2, 0.25) is 0 Å². The number of carbonyl (C=O) groups is 2. The van der Waals surface area contributed by atoms with Gasteiger partial charge in [-0.15, -0.1) is 0 Å². The summed E-state index contributed by atoms with van der Waals surface area (Å²) >= 11 is 0. The van der Waals surface area contributed by atoms with Crippen LogP contribution in [-0.2, 0) is 4.79 Å². The summed E-state index contributed by atoms with van der Waals surface area (Å²) in [6.07, 6.45) is 0. The topological polar surface area (TPSA) is 89.4 Å². The zero-order chi connectivity index (χ0) is 12.3. The van der Waals surface area contributed by atoms with E-state index < -0.39 is 5.91 Å². The van der Waals surface area contributed by atoms with Crippen molar-refractivity contribution in [3.05, 3.63) is 29.3 Å². The number of nitrogen functional groups attached to an aromatic ring is 1. The molecule has 1 rings (SSSR count). The molecule has 0 aliphatic rings. The van der Waals surface area contributed by atoms with Crippen molar-refractivity contribution < 1.29 is 9.59 Å². The van der Waals surface area contributed by atoms with E-state index >= 15 is 0 Å². The molecule has 1 aromatic carbocycles. The number of anilines is 1. The van der Waals surface area contributed by atoms with Crippen LogP contribution < -0.4 is 11.5 Å². The zero-order valence-electron chi connectivity index (χ0n) is 9.36. The summed E-state index contributed by atoms with van der Waals surface area (Å²) in [5, 5.41) is 0. The molecule has 0 saturated heterocycles. The second-order valence-electron chi connectivity index (χ2n) is 3.72. The first-order valence-electron chi connectivity index (χ1n) is 4.81. The fraction of sp³-hybridized carbons (Fsp3) is 0.273. The molecule has 0 unspecified atom stereocenters. The van der Waals surface area contributed by atoms with E-state index in [0.29, 0.717) is 11.3 Å². The molecule has 16 heavy (non-hydrogen) atoms. The molecule has 0 fully saturated rings. The highest BCUT2D eigenvalue weighted by molar-refractivity contribution is 6.00. The second kappa shape index (κ2) is 4.65. The van der Waals surface area contributed by atoms with Gasteiger partial charge in [-0.05, 0) is 19.1 Å². The Bertz CT molecular complexity index is 429. The summed E-state index contributed by atoms with van der Waals surface area (Å²) in [5.41, 5.74) is 12.4. The minimum atomic E-state index is -0.554. The highest BCUT2D eigenvalue weighted by Gasteiger charge is 2.15. The predicted molar refractivity (Wildman–Crippen MR) is 61.7 cm³/mol. The van der Waals surface area contributed by atoms with Crippen LogP contribution in [0.3, 0.4) is 0 Å². The first-order valence-corrected chi connectivity index (χ1v) is 4.81. The van der Waals surface area contributed by atoms with Gasteiger partial charge in [0, 0.05) is 12.7 Å². The van der Waals surface area contributed by atoms with E-state index in [-0.39, 0.29) is 12.5 Å². The highest BCUT2D eigenvalue weighted by Crippen LogP contribution is 2.15. The maximum atomic E-state index is 11.9. The van der Waals surface area contributed by atoms with Gasteiger partial charge in [-0.3, -0.25) is 9.59 Å². The average Bonchev–Trinajstić information content (AvgIpc) is 2.19. The van der Waals surface area contributed by atoms with Gasteiger partial charge in [0.15, 0.2) is 0 Å². The third-order valence-corrected chi connectivity index (χ3v) is 2.18. The standard InChI is InChI=1S/C11H15N3O2/c1-7-3-4-9(12)8(5-7)11(16)14(2)6-10(13)15/h3-5H,6,12H2,1-2H3,(H2,13,15). The number of hydrogen-bond donors (Lipinski definition) is 2. The number of hydrogen-bond acceptors (Lipinski definition) is 3. The van der Waals surface area contributed by atoms with Gasteiger partial charge in [0.1, 0.15) is 0 Å². The fourth-order valence-corrected chi connectivity index (χ4v) is 1.37. The molecule has 0 bridgehead atoms. The number of amides is 2. The van der Waals surface area contributed by atoms with E-state index in [9.17, 15) is 9.59 Å². The molecule has 4 N–H and O–H groups in total. The minimum absolute atomic E-state index is 0.119. The van der Waals surface area contributed by atoms with Crippen molar-refractivity contribution in [3.63, 3.8) is 0 Å². The van der Waals surface area contributed by atoms with E-state index in [1.54, 1.807) is 12.1 Å². The summed E-state index contributed by atoms with van der Waals surface area (Å²) in [6, 6.07) is 5.18. The molecule has 5 heteroatoms. The highest BCUT2D eigenvalue weighted by atomic mass is 16.2. The van der Waals surface area contributed by atoms with Gasteiger partial charge >= 0.3 is 0 Å². The molecular formula is C11H15N3O2. The van der Waals surface area contributed by atoms with E-state index in [4.69, 9.17) is 11.5 Å². The van der Waals surface area contributed by atoms with Gasteiger partial charge in [-0.2, -0.15) is 0 Å². The Hall–Kier alpha value is -2.04. The number of nitrogens with two attached hydrogens (primary N) is 2. The van der Waals surface area contributed by atoms with Crippen LogP contribution in [0.25, 0.3) is 0 Å². The number of primary amides is 1. The molecular weight excluding hydrogens is 206 g/mol. The zero-order valence-corrected chi connectivity index (χ0v) is 9.36. The van der Waals surface area contributed by atoms with Crippen molar-refractivity contribution in [2.45, 2.75) is 6.92 Å². The van der Waals surface area contributed by atoms with Crippen LogP contribution in [0.4, 0.5) is 5.69 Å². The van der Waals surface area contributed by atoms with Crippen molar-refractivity contribution in [1.29, 1.82) is 0 Å². The monoisotopic (exact) mass is 221 g/mol. The smallest absolute Gasteiger partial charge is 0.256 e. The molecule has 0 saturated carbocycles. The maximum absolute atomic E-state index is 11.9. The molecule has 5 nitrogen and oxygen atoms in total. The molecule has 0 radical (unpaired) electrons. The summed E-state index contributed by atoms with van der Waals surface area (Å²) in [6.45, 7) is 1.75. The molecule has 86 valence electrons. The van der Waals surface area contributed by atoms with Crippen molar-refractivity contribution in [2.24, 2.45) is 5.73 Å². The summed E-state index contributed by atoms with van der Waals surface area (Å²) in [5.74, 6) is -0.859. The van der Waals surface area contributed by atoms with Crippen LogP contribution in [-0.4, -0.2) is 30.3 Å². The van der Waals surface area contributed by atoms with Crippen molar-refractivity contribution in [1.82, 2.24) is 4.90 Å². The average molecular weight is 221 g/mol. The number of carbonyl (C=O) groups excluding carboxylic acids is 2. The molecule has 0 aromatic heterocycles. The Morgan fingerprint density at radius 1 is 1.38 bits per heavy atom. The van der Waals surface area contributed by atoms with Crippen LogP contribution >= 0.6 is 0 Å². The summed E-state index contributed by atoms with van der Waals surface area (Å²) in [4.78, 5) is 23.8. The quantitative estimate of drug-likeness (QED) is 0.711. The minimum Gasteiger partial charge on any atom is -0.398 e. The van der Waals surface area contributed by atoms with Gasteiger partial charge in [0.25, 0.3) is 5.91 Å². The lowest BCUT2D eigenvalue weighted by molar-refractivity contribution is -0.118. The molecule has 1 aromatic rings. The third-order valence-electron chi connectivity index (χ3n) is 2.18. The lowest BCUT2D eigenvalue weighted by atomic mass is 10.1. The van der Waals surface area contributed by atoms with Gasteiger partial charge in [0.2, 0.25) is 5.91 Å². The number of nitrogens with zero attached hydrogens (tertiary/aromatic N) is 1. The third kappa shape index (κ3) is 2.73. The Morgan fingerprint density at radius 2 is 2.00 bits per heavy atom. The lowest BCUT2D eigenvalue weighted by Gasteiger charge is -2.16. The van der Waals surface area contributed by atoms with Gasteiger partial charge < -0.3 is 16.4 Å². The first-order chi connectivity index (χ1) is 7.41. The summed E-state index contributed by atoms with van der Waals surface area (Å²) < 4.78 is 0.